The molecule has 110 valence electrons. The topological polar surface area (TPSA) is 50.7 Å². The predicted octanol–water partition coefficient (Wildman–Crippen LogP) is 1.70. The first-order valence-corrected chi connectivity index (χ1v) is 6.63. The number of hydrazone groups is 1. The van der Waals surface area contributed by atoms with Gasteiger partial charge in [0, 0.05) is 23.2 Å². The Balaban J connectivity index is 2.53. The smallest absolute Gasteiger partial charge is 0.295 e. The van der Waals surface area contributed by atoms with Crippen LogP contribution >= 0.6 is 11.6 Å². The highest BCUT2D eigenvalue weighted by molar-refractivity contribution is 6.30. The minimum Gasteiger partial charge on any atom is -0.496 e. The molecule has 0 atom stereocenters. The number of nitrogens with one attached hydrogen (secondary N) is 1. The number of rotatable bonds is 6. The summed E-state index contributed by atoms with van der Waals surface area (Å²) in [5.74, 6) is 0.630. The largest absolute Gasteiger partial charge is 0.496 e. The zero-order valence-electron chi connectivity index (χ0n) is 12.3. The molecule has 0 saturated carbocycles. The summed E-state index contributed by atoms with van der Waals surface area (Å²) in [4.78, 5) is 11.6. The van der Waals surface area contributed by atoms with Gasteiger partial charge in [-0.25, -0.2) is 5.43 Å². The Morgan fingerprint density at radius 2 is 2.15 bits per heavy atom. The molecule has 0 aliphatic rings. The Morgan fingerprint density at radius 1 is 1.45 bits per heavy atom. The first kappa shape index (κ1) is 16.5. The molecule has 1 aromatic rings. The molecule has 0 unspecified atom stereocenters. The maximum absolute atomic E-state index is 11.6. The van der Waals surface area contributed by atoms with Gasteiger partial charge in [-0.15, -0.1) is 0 Å². The number of carbonyl (C=O) groups is 1. The number of nitrogens with zero attached hydrogens (tertiary/aromatic N) is 2. The Hall–Kier alpha value is -1.59. The van der Waals surface area contributed by atoms with E-state index < -0.39 is 0 Å². The predicted molar refractivity (Wildman–Crippen MR) is 81.2 cm³/mol. The van der Waals surface area contributed by atoms with E-state index in [1.807, 2.05) is 27.2 Å². The quantitative estimate of drug-likeness (QED) is 0.494. The fourth-order valence-electron chi connectivity index (χ4n) is 1.63. The van der Waals surface area contributed by atoms with Gasteiger partial charge in [-0.2, -0.15) is 5.10 Å². The average molecular weight is 299 g/mol. The van der Waals surface area contributed by atoms with Gasteiger partial charge < -0.3 is 9.22 Å². The van der Waals surface area contributed by atoms with E-state index in [-0.39, 0.29) is 5.91 Å². The fraction of sp³-hybridized carbons (Fsp3) is 0.429. The Labute approximate surface area is 124 Å². The Kier molecular flexibility index (Phi) is 5.98. The number of hydrogen-bond donors (Lipinski definition) is 1. The van der Waals surface area contributed by atoms with Crippen LogP contribution in [0.1, 0.15) is 5.56 Å². The van der Waals surface area contributed by atoms with E-state index in [2.05, 4.69) is 10.5 Å². The molecule has 0 aliphatic carbocycles. The van der Waals surface area contributed by atoms with E-state index >= 15 is 0 Å². The van der Waals surface area contributed by atoms with E-state index in [1.54, 1.807) is 25.5 Å². The van der Waals surface area contributed by atoms with Gasteiger partial charge in [0.05, 0.1) is 28.3 Å². The molecule has 1 N–H and O–H groups in total. The van der Waals surface area contributed by atoms with Crippen molar-refractivity contribution in [2.75, 3.05) is 34.8 Å². The minimum absolute atomic E-state index is 0.119. The number of halogens is 1. The lowest BCUT2D eigenvalue weighted by Crippen LogP contribution is -2.43. The minimum atomic E-state index is -0.119. The fourth-order valence-corrected chi connectivity index (χ4v) is 1.83. The summed E-state index contributed by atoms with van der Waals surface area (Å²) < 4.78 is 5.79. The van der Waals surface area contributed by atoms with E-state index in [0.29, 0.717) is 22.5 Å². The number of amides is 1. The molecule has 5 nitrogen and oxygen atoms in total. The van der Waals surface area contributed by atoms with Crippen molar-refractivity contribution in [3.05, 3.63) is 28.8 Å². The van der Waals surface area contributed by atoms with Crippen molar-refractivity contribution in [3.63, 3.8) is 0 Å². The van der Waals surface area contributed by atoms with Crippen LogP contribution in [0.15, 0.2) is 23.3 Å². The molecule has 0 fully saturated rings. The molecular formula is C14H21ClN3O2+. The maximum atomic E-state index is 11.6. The molecule has 0 radical (unpaired) electrons. The van der Waals surface area contributed by atoms with Crippen LogP contribution in [-0.4, -0.2) is 51.4 Å². The van der Waals surface area contributed by atoms with Crippen LogP contribution in [0.2, 0.25) is 5.02 Å². The van der Waals surface area contributed by atoms with E-state index in [1.165, 1.54) is 0 Å². The molecule has 6 heteroatoms. The van der Waals surface area contributed by atoms with E-state index in [9.17, 15) is 4.79 Å². The second-order valence-electron chi connectivity index (χ2n) is 5.46. The first-order chi connectivity index (χ1) is 9.31. The molecule has 1 rings (SSSR count). The molecule has 0 saturated heterocycles. The van der Waals surface area contributed by atoms with Crippen molar-refractivity contribution in [3.8, 4) is 5.75 Å². The number of ether oxygens (including phenoxy) is 1. The summed E-state index contributed by atoms with van der Waals surface area (Å²) in [7, 11) is 7.44. The zero-order chi connectivity index (χ0) is 15.2. The van der Waals surface area contributed by atoms with Gasteiger partial charge in [0.1, 0.15) is 5.75 Å². The molecule has 1 aromatic carbocycles. The van der Waals surface area contributed by atoms with Gasteiger partial charge in [-0.05, 0) is 18.2 Å². The average Bonchev–Trinajstić information content (AvgIpc) is 2.33. The highest BCUT2D eigenvalue weighted by atomic mass is 35.5. The third-order valence-electron chi connectivity index (χ3n) is 2.45. The third kappa shape index (κ3) is 6.04. The molecule has 20 heavy (non-hydrogen) atoms. The number of hydrogen-bond acceptors (Lipinski definition) is 3. The SMILES string of the molecule is COc1ccc(Cl)cc1C/C=N\NC(=O)C[N+](C)(C)C. The van der Waals surface area contributed by atoms with Crippen molar-refractivity contribution in [2.45, 2.75) is 6.42 Å². The van der Waals surface area contributed by atoms with Gasteiger partial charge in [-0.3, -0.25) is 4.79 Å². The molecule has 0 aliphatic heterocycles. The summed E-state index contributed by atoms with van der Waals surface area (Å²) in [6, 6.07) is 5.39. The number of quaternary nitrogens is 1. The van der Waals surface area contributed by atoms with E-state index in [4.69, 9.17) is 16.3 Å². The van der Waals surface area contributed by atoms with Crippen molar-refractivity contribution in [2.24, 2.45) is 5.10 Å². The lowest BCUT2D eigenvalue weighted by Gasteiger charge is -2.21. The van der Waals surface area contributed by atoms with Crippen LogP contribution in [0.25, 0.3) is 0 Å². The standard InChI is InChI=1S/C14H20ClN3O2/c1-18(2,3)10-14(19)17-16-8-7-11-9-12(15)5-6-13(11)20-4/h5-6,8-9H,7,10H2,1-4H3/p+1/b16-8-. The number of benzene rings is 1. The summed E-state index contributed by atoms with van der Waals surface area (Å²) >= 11 is 5.94. The first-order valence-electron chi connectivity index (χ1n) is 6.25. The normalized spacial score (nSPS) is 11.7. The summed E-state index contributed by atoms with van der Waals surface area (Å²) in [6.07, 6.45) is 2.16. The molecular weight excluding hydrogens is 278 g/mol. The van der Waals surface area contributed by atoms with Crippen LogP contribution in [0.3, 0.4) is 0 Å². The van der Waals surface area contributed by atoms with Crippen molar-refractivity contribution >= 4 is 23.7 Å². The summed E-state index contributed by atoms with van der Waals surface area (Å²) in [5, 5.41) is 4.56. The molecule has 1 amide bonds. The second kappa shape index (κ2) is 7.26. The highest BCUT2D eigenvalue weighted by Crippen LogP contribution is 2.22. The second-order valence-corrected chi connectivity index (χ2v) is 5.89. The number of carbonyl (C=O) groups excluding carboxylic acids is 1. The zero-order valence-corrected chi connectivity index (χ0v) is 13.1. The van der Waals surface area contributed by atoms with E-state index in [0.717, 1.165) is 11.3 Å². The Morgan fingerprint density at radius 3 is 2.75 bits per heavy atom. The van der Waals surface area contributed by atoms with Crippen LogP contribution in [0.4, 0.5) is 0 Å². The lowest BCUT2D eigenvalue weighted by molar-refractivity contribution is -0.862. The molecule has 0 spiro atoms. The highest BCUT2D eigenvalue weighted by Gasteiger charge is 2.13. The number of methoxy groups -OCH3 is 1. The van der Waals surface area contributed by atoms with Crippen molar-refractivity contribution in [1.29, 1.82) is 0 Å². The van der Waals surface area contributed by atoms with Crippen LogP contribution in [-0.2, 0) is 11.2 Å². The van der Waals surface area contributed by atoms with Gasteiger partial charge in [0.15, 0.2) is 6.54 Å². The molecule has 0 bridgehead atoms. The van der Waals surface area contributed by atoms with Gasteiger partial charge in [-0.1, -0.05) is 11.6 Å². The van der Waals surface area contributed by atoms with Gasteiger partial charge >= 0.3 is 0 Å². The summed E-state index contributed by atoms with van der Waals surface area (Å²) in [5.41, 5.74) is 3.42. The van der Waals surface area contributed by atoms with Crippen molar-refractivity contribution < 1.29 is 14.0 Å². The monoisotopic (exact) mass is 298 g/mol. The molecule has 0 aromatic heterocycles. The van der Waals surface area contributed by atoms with Crippen molar-refractivity contribution in [1.82, 2.24) is 5.43 Å². The summed E-state index contributed by atoms with van der Waals surface area (Å²) in [6.45, 7) is 0.373. The third-order valence-corrected chi connectivity index (χ3v) is 2.69. The van der Waals surface area contributed by atoms with Crippen LogP contribution in [0.5, 0.6) is 5.75 Å². The number of likely N-dealkylation sites (N-methyl/N-ethyl adjacent to an activating group) is 1. The van der Waals surface area contributed by atoms with Gasteiger partial charge in [0.25, 0.3) is 5.91 Å². The molecule has 0 heterocycles. The van der Waals surface area contributed by atoms with Crippen LogP contribution < -0.4 is 10.2 Å². The lowest BCUT2D eigenvalue weighted by atomic mass is 10.1. The van der Waals surface area contributed by atoms with Crippen LogP contribution in [0, 0.1) is 0 Å². The van der Waals surface area contributed by atoms with Gasteiger partial charge in [0.2, 0.25) is 0 Å². The Bertz CT molecular complexity index is 496. The maximum Gasteiger partial charge on any atom is 0.295 e.